The minimum Gasteiger partial charge on any atom is -0.500 e. The first-order valence-corrected chi connectivity index (χ1v) is 11.7. The molecule has 0 aliphatic carbocycles. The molecule has 6 heteroatoms. The second kappa shape index (κ2) is 11.4. The molecule has 0 bridgehead atoms. The normalized spacial score (nSPS) is 13.8. The van der Waals surface area contributed by atoms with Crippen molar-refractivity contribution < 1.29 is 28.6 Å². The van der Waals surface area contributed by atoms with E-state index in [0.717, 1.165) is 33.4 Å². The van der Waals surface area contributed by atoms with Gasteiger partial charge in [0.05, 0.1) is 0 Å². The molecule has 0 radical (unpaired) electrons. The maximum atomic E-state index is 7.56. The third-order valence-electron chi connectivity index (χ3n) is 5.88. The van der Waals surface area contributed by atoms with Crippen LogP contribution in [0.3, 0.4) is 0 Å². The van der Waals surface area contributed by atoms with Crippen LogP contribution in [0.5, 0.6) is 0 Å². The standard InChI is InChI=1S/C21H15N3O.C11H8N.Ir/c1-15-10-11-18-17-8-5-9-19(20(17)25-21(18)22-15)24-13-12-23(14-24)16-6-3-2-4-7-16;1-2-6-10(7-3-1)11-8-4-5-9-12-11;/h2-8,10-14H,1H3;1-6,8-9H;/q-2;-1;+3/i1D3;;. The van der Waals surface area contributed by atoms with Crippen LogP contribution in [0.1, 0.15) is 9.81 Å². The number of rotatable bonds is 3. The van der Waals surface area contributed by atoms with Crippen molar-refractivity contribution >= 4 is 33.4 Å². The molecular weight excluding hydrogens is 649 g/mol. The molecule has 0 saturated heterocycles. The quantitative estimate of drug-likeness (QED) is 0.182. The fourth-order valence-corrected chi connectivity index (χ4v) is 4.11. The maximum absolute atomic E-state index is 7.56. The van der Waals surface area contributed by atoms with E-state index < -0.39 is 6.85 Å². The van der Waals surface area contributed by atoms with E-state index >= 15 is 0 Å². The van der Waals surface area contributed by atoms with Crippen LogP contribution in [0.25, 0.3) is 33.3 Å². The molecule has 1 aliphatic heterocycles. The fraction of sp³-hybridized carbons (Fsp3) is 0.0312. The fourth-order valence-electron chi connectivity index (χ4n) is 4.11. The molecule has 3 aromatic heterocycles. The Morgan fingerprint density at radius 3 is 2.45 bits per heavy atom. The molecular formula is C32H23IrN4O. The van der Waals surface area contributed by atoms with Gasteiger partial charge in [0.25, 0.3) is 0 Å². The molecule has 0 atom stereocenters. The average molecular weight is 675 g/mol. The largest absolute Gasteiger partial charge is 3.00 e. The number of benzene rings is 3. The van der Waals surface area contributed by atoms with E-state index in [1.54, 1.807) is 12.3 Å². The van der Waals surface area contributed by atoms with Crippen molar-refractivity contribution in [2.24, 2.45) is 0 Å². The number of hydrogen-bond acceptors (Lipinski definition) is 5. The van der Waals surface area contributed by atoms with Gasteiger partial charge in [-0.15, -0.1) is 42.6 Å². The summed E-state index contributed by atoms with van der Waals surface area (Å²) in [5.41, 5.74) is 4.74. The molecule has 0 N–H and O–H groups in total. The van der Waals surface area contributed by atoms with Gasteiger partial charge in [0.2, 0.25) is 5.71 Å². The molecule has 186 valence electrons. The summed E-state index contributed by atoms with van der Waals surface area (Å²) in [7, 11) is 0. The van der Waals surface area contributed by atoms with Crippen LogP contribution in [-0.2, 0) is 20.1 Å². The van der Waals surface area contributed by atoms with E-state index in [-0.39, 0.29) is 25.8 Å². The Morgan fingerprint density at radius 2 is 1.66 bits per heavy atom. The van der Waals surface area contributed by atoms with Gasteiger partial charge in [-0.2, -0.15) is 18.2 Å². The van der Waals surface area contributed by atoms with Crippen molar-refractivity contribution in [2.75, 3.05) is 9.80 Å². The van der Waals surface area contributed by atoms with Gasteiger partial charge >= 0.3 is 20.1 Å². The number of fused-ring (bicyclic) bond motifs is 3. The zero-order valence-corrected chi connectivity index (χ0v) is 22.5. The molecule has 0 fully saturated rings. The zero-order valence-electron chi connectivity index (χ0n) is 23.1. The smallest absolute Gasteiger partial charge is 0.500 e. The van der Waals surface area contributed by atoms with E-state index in [9.17, 15) is 0 Å². The van der Waals surface area contributed by atoms with Crippen LogP contribution in [0.2, 0.25) is 0 Å². The Hall–Kier alpha value is -4.25. The number of aromatic nitrogens is 2. The SMILES string of the molecule is [2H]C([2H])([2H])c1ccc2c(n1)oc1c(N3C=CN(c4ccccc4)[CH-]3)[c-]ccc12.[Ir+3].[c-]1ccccc1-c1ccccn1. The summed E-state index contributed by atoms with van der Waals surface area (Å²) in [6.45, 7) is -0.334. The summed E-state index contributed by atoms with van der Waals surface area (Å²) in [5.74, 6) is 0. The number of anilines is 2. The van der Waals surface area contributed by atoms with E-state index in [0.29, 0.717) is 11.3 Å². The van der Waals surface area contributed by atoms with Gasteiger partial charge in [-0.25, -0.2) is 4.98 Å². The van der Waals surface area contributed by atoms with Crippen molar-refractivity contribution in [1.82, 2.24) is 9.97 Å². The second-order valence-electron chi connectivity index (χ2n) is 8.28. The Bertz CT molecular complexity index is 1740. The van der Waals surface area contributed by atoms with Crippen LogP contribution in [-0.4, -0.2) is 9.97 Å². The monoisotopic (exact) mass is 675 g/mol. The van der Waals surface area contributed by atoms with E-state index in [1.807, 2.05) is 114 Å². The summed E-state index contributed by atoms with van der Waals surface area (Å²) in [5, 5.41) is 1.65. The minimum absolute atomic E-state index is 0. The van der Waals surface area contributed by atoms with Crippen molar-refractivity contribution in [1.29, 1.82) is 0 Å². The van der Waals surface area contributed by atoms with Crippen molar-refractivity contribution in [3.8, 4) is 11.3 Å². The molecule has 38 heavy (non-hydrogen) atoms. The number of furan rings is 1. The van der Waals surface area contributed by atoms with Crippen molar-refractivity contribution in [2.45, 2.75) is 6.85 Å². The van der Waals surface area contributed by atoms with Crippen molar-refractivity contribution in [3.05, 3.63) is 140 Å². The molecule has 0 unspecified atom stereocenters. The van der Waals surface area contributed by atoms with Crippen molar-refractivity contribution in [3.63, 3.8) is 0 Å². The van der Waals surface area contributed by atoms with Gasteiger partial charge in [-0.05, 0) is 55.3 Å². The first kappa shape index (κ1) is 21.8. The third-order valence-corrected chi connectivity index (χ3v) is 5.88. The summed E-state index contributed by atoms with van der Waals surface area (Å²) in [6, 6.07) is 37.0. The van der Waals surface area contributed by atoms with Gasteiger partial charge in [-0.3, -0.25) is 0 Å². The van der Waals surface area contributed by atoms with Crippen LogP contribution in [0, 0.1) is 25.7 Å². The van der Waals surface area contributed by atoms with E-state index in [1.165, 1.54) is 6.07 Å². The molecule has 6 aromatic rings. The summed E-state index contributed by atoms with van der Waals surface area (Å²) in [6.07, 6.45) is 5.67. The summed E-state index contributed by atoms with van der Waals surface area (Å²) < 4.78 is 28.6. The van der Waals surface area contributed by atoms with Crippen LogP contribution >= 0.6 is 0 Å². The Labute approximate surface area is 239 Å². The topological polar surface area (TPSA) is 45.4 Å². The molecule has 1 aliphatic rings. The average Bonchev–Trinajstić information content (AvgIpc) is 3.64. The molecule has 3 aromatic carbocycles. The van der Waals surface area contributed by atoms with Gasteiger partial charge in [0.15, 0.2) is 0 Å². The van der Waals surface area contributed by atoms with Crippen LogP contribution in [0.4, 0.5) is 11.4 Å². The molecule has 0 spiro atoms. The molecule has 4 heterocycles. The first-order chi connectivity index (χ1) is 19.5. The van der Waals surface area contributed by atoms with E-state index in [4.69, 9.17) is 8.53 Å². The number of para-hydroxylation sites is 1. The number of aryl methyl sites for hydroxylation is 1. The predicted molar refractivity (Wildman–Crippen MR) is 148 cm³/mol. The molecule has 0 saturated carbocycles. The first-order valence-electron chi connectivity index (χ1n) is 13.2. The maximum Gasteiger partial charge on any atom is 3.00 e. The summed E-state index contributed by atoms with van der Waals surface area (Å²) in [4.78, 5) is 12.4. The third kappa shape index (κ3) is 5.23. The molecule has 0 amide bonds. The number of hydrogen-bond donors (Lipinski definition) is 0. The number of nitrogens with zero attached hydrogens (tertiary/aromatic N) is 4. The van der Waals surface area contributed by atoms with E-state index in [2.05, 4.69) is 22.1 Å². The number of pyridine rings is 2. The summed E-state index contributed by atoms with van der Waals surface area (Å²) >= 11 is 0. The van der Waals surface area contributed by atoms with Crippen LogP contribution < -0.4 is 9.80 Å². The van der Waals surface area contributed by atoms with Gasteiger partial charge in [-0.1, -0.05) is 41.4 Å². The van der Waals surface area contributed by atoms with Gasteiger partial charge in [0.1, 0.15) is 0 Å². The molecule has 5 nitrogen and oxygen atoms in total. The Kier molecular flexibility index (Phi) is 6.55. The van der Waals surface area contributed by atoms with Crippen LogP contribution in [0.15, 0.2) is 120 Å². The van der Waals surface area contributed by atoms with Gasteiger partial charge in [0, 0.05) is 32.7 Å². The Balaban J connectivity index is 0.000000218. The second-order valence-corrected chi connectivity index (χ2v) is 8.28. The Morgan fingerprint density at radius 1 is 0.816 bits per heavy atom. The molecule has 7 rings (SSSR count). The van der Waals surface area contributed by atoms with Gasteiger partial charge < -0.3 is 19.2 Å². The minimum atomic E-state index is -2.27. The zero-order chi connectivity index (χ0) is 27.5. The predicted octanol–water partition coefficient (Wildman–Crippen LogP) is 7.55.